The van der Waals surface area contributed by atoms with Gasteiger partial charge in [0.15, 0.2) is 0 Å². The van der Waals surface area contributed by atoms with Crippen LogP contribution < -0.4 is 17.0 Å². The van der Waals surface area contributed by atoms with Gasteiger partial charge in [-0.25, -0.2) is 4.79 Å². The summed E-state index contributed by atoms with van der Waals surface area (Å²) < 4.78 is 2.56. The Morgan fingerprint density at radius 2 is 2.15 bits per heavy atom. The van der Waals surface area contributed by atoms with Crippen LogP contribution in [-0.4, -0.2) is 15.7 Å². The van der Waals surface area contributed by atoms with E-state index >= 15 is 0 Å². The van der Waals surface area contributed by atoms with E-state index in [0.717, 1.165) is 0 Å². The van der Waals surface area contributed by atoms with Crippen molar-refractivity contribution in [1.82, 2.24) is 9.13 Å². The van der Waals surface area contributed by atoms with Crippen molar-refractivity contribution >= 4 is 0 Å². The monoisotopic (exact) mass is 183 g/mol. The molecule has 0 aliphatic carbocycles. The van der Waals surface area contributed by atoms with Gasteiger partial charge >= 0.3 is 5.69 Å². The summed E-state index contributed by atoms with van der Waals surface area (Å²) in [6, 6.07) is 1.37. The van der Waals surface area contributed by atoms with Crippen LogP contribution in [0.4, 0.5) is 0 Å². The van der Waals surface area contributed by atoms with E-state index in [1.54, 1.807) is 7.05 Å². The van der Waals surface area contributed by atoms with Crippen LogP contribution >= 0.6 is 0 Å². The maximum Gasteiger partial charge on any atom is 0.330 e. The van der Waals surface area contributed by atoms with E-state index < -0.39 is 0 Å². The topological polar surface area (TPSA) is 70.0 Å². The van der Waals surface area contributed by atoms with E-state index in [2.05, 4.69) is 0 Å². The van der Waals surface area contributed by atoms with Crippen molar-refractivity contribution in [2.45, 2.75) is 13.0 Å². The fourth-order valence-electron chi connectivity index (χ4n) is 1.07. The van der Waals surface area contributed by atoms with Crippen LogP contribution in [0.1, 0.15) is 6.42 Å². The van der Waals surface area contributed by atoms with E-state index in [4.69, 9.17) is 5.73 Å². The molecule has 1 aromatic rings. The molecule has 2 N–H and O–H groups in total. The van der Waals surface area contributed by atoms with E-state index in [-0.39, 0.29) is 11.2 Å². The zero-order valence-corrected chi connectivity index (χ0v) is 7.56. The molecule has 0 radical (unpaired) electrons. The van der Waals surface area contributed by atoms with Crippen molar-refractivity contribution in [3.63, 3.8) is 0 Å². The molecule has 0 saturated heterocycles. The van der Waals surface area contributed by atoms with Gasteiger partial charge in [0, 0.05) is 25.9 Å². The maximum absolute atomic E-state index is 11.4. The lowest BCUT2D eigenvalue weighted by atomic mass is 10.4. The molecule has 0 saturated carbocycles. The Hall–Kier alpha value is -1.36. The van der Waals surface area contributed by atoms with E-state index in [1.807, 2.05) is 0 Å². The summed E-state index contributed by atoms with van der Waals surface area (Å²) in [6.45, 7) is 0.868. The molecule has 1 rings (SSSR count). The fraction of sp³-hybridized carbons (Fsp3) is 0.500. The lowest BCUT2D eigenvalue weighted by Crippen LogP contribution is -2.38. The van der Waals surface area contributed by atoms with Gasteiger partial charge in [-0.3, -0.25) is 9.36 Å². The zero-order chi connectivity index (χ0) is 9.84. The molecular formula is C8H13N3O2. The second-order valence-electron chi connectivity index (χ2n) is 2.84. The van der Waals surface area contributed by atoms with Crippen LogP contribution in [0.2, 0.25) is 0 Å². The molecule has 0 spiro atoms. The average Bonchev–Trinajstić information content (AvgIpc) is 2.12. The number of hydrogen-bond donors (Lipinski definition) is 1. The summed E-state index contributed by atoms with van der Waals surface area (Å²) in [5.74, 6) is 0. The Morgan fingerprint density at radius 3 is 2.77 bits per heavy atom. The van der Waals surface area contributed by atoms with Crippen LogP contribution in [0.15, 0.2) is 21.9 Å². The summed E-state index contributed by atoms with van der Waals surface area (Å²) in [5.41, 5.74) is 4.73. The lowest BCUT2D eigenvalue weighted by molar-refractivity contribution is 0.568. The minimum atomic E-state index is -0.291. The highest BCUT2D eigenvalue weighted by atomic mass is 16.2. The summed E-state index contributed by atoms with van der Waals surface area (Å²) in [7, 11) is 1.61. The molecule has 0 bridgehead atoms. The largest absolute Gasteiger partial charge is 0.330 e. The van der Waals surface area contributed by atoms with Crippen LogP contribution in [-0.2, 0) is 13.6 Å². The Labute approximate surface area is 75.4 Å². The fourth-order valence-corrected chi connectivity index (χ4v) is 1.07. The van der Waals surface area contributed by atoms with Crippen molar-refractivity contribution in [2.75, 3.05) is 6.54 Å². The molecule has 1 aromatic heterocycles. The second-order valence-corrected chi connectivity index (χ2v) is 2.84. The number of aromatic nitrogens is 2. The molecule has 72 valence electrons. The SMILES string of the molecule is Cn1ccc(=O)n(CCCN)c1=O. The molecule has 0 atom stereocenters. The van der Waals surface area contributed by atoms with Gasteiger partial charge in [0.05, 0.1) is 0 Å². The maximum atomic E-state index is 11.4. The third-order valence-electron chi connectivity index (χ3n) is 1.83. The van der Waals surface area contributed by atoms with Crippen LogP contribution in [0, 0.1) is 0 Å². The van der Waals surface area contributed by atoms with E-state index in [0.29, 0.717) is 19.5 Å². The molecule has 0 aliphatic heterocycles. The first kappa shape index (κ1) is 9.73. The molecule has 0 unspecified atom stereocenters. The van der Waals surface area contributed by atoms with Crippen molar-refractivity contribution in [2.24, 2.45) is 12.8 Å². The lowest BCUT2D eigenvalue weighted by Gasteiger charge is -2.04. The Bertz CT molecular complexity index is 391. The first-order chi connectivity index (χ1) is 6.16. The van der Waals surface area contributed by atoms with E-state index in [1.165, 1.54) is 21.4 Å². The average molecular weight is 183 g/mol. The number of rotatable bonds is 3. The summed E-state index contributed by atoms with van der Waals surface area (Å²) in [4.78, 5) is 22.6. The molecule has 1 heterocycles. The molecule has 0 amide bonds. The molecule has 0 fully saturated rings. The van der Waals surface area contributed by atoms with Crippen molar-refractivity contribution in [3.05, 3.63) is 33.1 Å². The first-order valence-electron chi connectivity index (χ1n) is 4.13. The van der Waals surface area contributed by atoms with Crippen molar-refractivity contribution in [3.8, 4) is 0 Å². The van der Waals surface area contributed by atoms with Crippen molar-refractivity contribution in [1.29, 1.82) is 0 Å². The highest BCUT2D eigenvalue weighted by molar-refractivity contribution is 4.85. The summed E-state index contributed by atoms with van der Waals surface area (Å²) in [5, 5.41) is 0. The Kier molecular flexibility index (Phi) is 3.02. The van der Waals surface area contributed by atoms with Gasteiger partial charge in [-0.1, -0.05) is 0 Å². The van der Waals surface area contributed by atoms with Gasteiger partial charge in [0.25, 0.3) is 5.56 Å². The highest BCUT2D eigenvalue weighted by Gasteiger charge is 2.00. The minimum absolute atomic E-state index is 0.267. The van der Waals surface area contributed by atoms with Gasteiger partial charge in [0.2, 0.25) is 0 Å². The molecule has 5 heteroatoms. The number of nitrogens with zero attached hydrogens (tertiary/aromatic N) is 2. The highest BCUT2D eigenvalue weighted by Crippen LogP contribution is 1.79. The van der Waals surface area contributed by atoms with Gasteiger partial charge in [-0.15, -0.1) is 0 Å². The molecule has 13 heavy (non-hydrogen) atoms. The zero-order valence-electron chi connectivity index (χ0n) is 7.56. The normalized spacial score (nSPS) is 10.3. The number of nitrogens with two attached hydrogens (primary N) is 1. The Morgan fingerprint density at radius 1 is 1.46 bits per heavy atom. The number of hydrogen-bond acceptors (Lipinski definition) is 3. The third kappa shape index (κ3) is 2.06. The molecule has 5 nitrogen and oxygen atoms in total. The van der Waals surface area contributed by atoms with Crippen molar-refractivity contribution < 1.29 is 0 Å². The number of aryl methyl sites for hydroxylation is 1. The predicted octanol–water partition coefficient (Wildman–Crippen LogP) is -1.10. The van der Waals surface area contributed by atoms with Gasteiger partial charge < -0.3 is 10.3 Å². The van der Waals surface area contributed by atoms with Crippen LogP contribution in [0.3, 0.4) is 0 Å². The Balaban J connectivity index is 3.11. The molecule has 0 aliphatic rings. The van der Waals surface area contributed by atoms with Crippen LogP contribution in [0.5, 0.6) is 0 Å². The predicted molar refractivity (Wildman–Crippen MR) is 49.6 cm³/mol. The molecule has 0 aromatic carbocycles. The van der Waals surface area contributed by atoms with Crippen LogP contribution in [0.25, 0.3) is 0 Å². The first-order valence-corrected chi connectivity index (χ1v) is 4.13. The van der Waals surface area contributed by atoms with Gasteiger partial charge in [-0.05, 0) is 13.0 Å². The third-order valence-corrected chi connectivity index (χ3v) is 1.83. The quantitative estimate of drug-likeness (QED) is 0.646. The summed E-state index contributed by atoms with van der Waals surface area (Å²) >= 11 is 0. The van der Waals surface area contributed by atoms with E-state index in [9.17, 15) is 9.59 Å². The van der Waals surface area contributed by atoms with Gasteiger partial charge in [-0.2, -0.15) is 0 Å². The molecular weight excluding hydrogens is 170 g/mol. The summed E-state index contributed by atoms with van der Waals surface area (Å²) in [6.07, 6.45) is 2.10. The standard InChI is InChI=1S/C8H13N3O2/c1-10-6-3-7(12)11(8(10)13)5-2-4-9/h3,6H,2,4-5,9H2,1H3. The minimum Gasteiger partial charge on any atom is -0.330 e. The van der Waals surface area contributed by atoms with Gasteiger partial charge in [0.1, 0.15) is 0 Å². The second kappa shape index (κ2) is 4.04. The smallest absolute Gasteiger partial charge is 0.330 e.